The summed E-state index contributed by atoms with van der Waals surface area (Å²) in [5.41, 5.74) is 2.10. The number of morpholine rings is 1. The number of urea groups is 1. The summed E-state index contributed by atoms with van der Waals surface area (Å²) in [5.74, 6) is 1.50. The Hall–Kier alpha value is -4.08. The van der Waals surface area contributed by atoms with E-state index in [4.69, 9.17) is 14.2 Å². The van der Waals surface area contributed by atoms with Gasteiger partial charge in [-0.25, -0.2) is 4.79 Å². The van der Waals surface area contributed by atoms with Crippen molar-refractivity contribution >= 4 is 23.3 Å². The first-order valence-corrected chi connectivity index (χ1v) is 15.2. The highest BCUT2D eigenvalue weighted by atomic mass is 16.5. The van der Waals surface area contributed by atoms with Gasteiger partial charge in [0.1, 0.15) is 18.1 Å². The number of nitrogens with one attached hydrogen (secondary N) is 2. The van der Waals surface area contributed by atoms with E-state index in [9.17, 15) is 9.59 Å². The van der Waals surface area contributed by atoms with E-state index in [-0.39, 0.29) is 23.9 Å². The van der Waals surface area contributed by atoms with Crippen molar-refractivity contribution in [3.8, 4) is 11.5 Å². The molecule has 2 unspecified atom stereocenters. The van der Waals surface area contributed by atoms with E-state index in [2.05, 4.69) is 15.5 Å². The molecular formula is C34H42N4O5. The molecule has 1 saturated heterocycles. The van der Waals surface area contributed by atoms with Gasteiger partial charge in [-0.15, -0.1) is 0 Å². The Bertz CT molecular complexity index is 1330. The van der Waals surface area contributed by atoms with Crippen LogP contribution in [0.5, 0.6) is 11.5 Å². The summed E-state index contributed by atoms with van der Waals surface area (Å²) in [6, 6.07) is 24.3. The number of amides is 3. The highest BCUT2D eigenvalue weighted by Gasteiger charge is 2.28. The maximum Gasteiger partial charge on any atom is 0.326 e. The number of benzene rings is 3. The first-order chi connectivity index (χ1) is 21.1. The largest absolute Gasteiger partial charge is 0.497 e. The number of carbonyl (C=O) groups is 2. The van der Waals surface area contributed by atoms with E-state index < -0.39 is 0 Å². The van der Waals surface area contributed by atoms with Gasteiger partial charge < -0.3 is 24.8 Å². The molecule has 5 rings (SSSR count). The standard InChI is InChI=1S/C34H42N4O5/c1-41-31-14-6-9-27(23-31)33(39)35-29-12-5-8-26(22-29)25-38(34(40)36-28-10-3-2-4-11-28)30-13-7-15-32(24-30)43-21-18-37-16-19-42-20-17-37/h2-4,6-7,9-11,13-15,23-24,26,29H,5,8,12,16-22,25H2,1H3,(H,35,39)(H,36,40). The Labute approximate surface area is 254 Å². The topological polar surface area (TPSA) is 92.4 Å². The van der Waals surface area contributed by atoms with Crippen molar-refractivity contribution in [1.82, 2.24) is 10.2 Å². The lowest BCUT2D eigenvalue weighted by Crippen LogP contribution is -2.43. The number of para-hydroxylation sites is 1. The highest BCUT2D eigenvalue weighted by molar-refractivity contribution is 6.01. The Morgan fingerprint density at radius 2 is 1.74 bits per heavy atom. The van der Waals surface area contributed by atoms with Crippen LogP contribution in [0.4, 0.5) is 16.2 Å². The molecule has 1 saturated carbocycles. The zero-order chi connectivity index (χ0) is 29.9. The van der Waals surface area contributed by atoms with Gasteiger partial charge in [0, 0.05) is 55.2 Å². The molecule has 9 nitrogen and oxygen atoms in total. The zero-order valence-corrected chi connectivity index (χ0v) is 24.9. The Morgan fingerprint density at radius 1 is 0.953 bits per heavy atom. The Balaban J connectivity index is 1.25. The highest BCUT2D eigenvalue weighted by Crippen LogP contribution is 2.29. The lowest BCUT2D eigenvalue weighted by molar-refractivity contribution is 0.0322. The van der Waals surface area contributed by atoms with Gasteiger partial charge in [0.05, 0.1) is 20.3 Å². The van der Waals surface area contributed by atoms with Crippen LogP contribution in [-0.4, -0.2) is 76.0 Å². The van der Waals surface area contributed by atoms with E-state index in [1.165, 1.54) is 0 Å². The third-order valence-electron chi connectivity index (χ3n) is 8.07. The molecule has 0 aromatic heterocycles. The van der Waals surface area contributed by atoms with Gasteiger partial charge in [0.2, 0.25) is 0 Å². The van der Waals surface area contributed by atoms with Crippen LogP contribution in [0.15, 0.2) is 78.9 Å². The predicted octanol–water partition coefficient (Wildman–Crippen LogP) is 5.43. The van der Waals surface area contributed by atoms with Crippen molar-refractivity contribution < 1.29 is 23.8 Å². The fraction of sp³-hybridized carbons (Fsp3) is 0.412. The number of hydrogen-bond acceptors (Lipinski definition) is 6. The minimum Gasteiger partial charge on any atom is -0.497 e. The number of rotatable bonds is 11. The van der Waals surface area contributed by atoms with Crippen molar-refractivity contribution in [2.75, 3.05) is 63.3 Å². The maximum absolute atomic E-state index is 13.7. The molecule has 228 valence electrons. The van der Waals surface area contributed by atoms with E-state index in [1.54, 1.807) is 24.1 Å². The van der Waals surface area contributed by atoms with Crippen molar-refractivity contribution in [3.05, 3.63) is 84.4 Å². The van der Waals surface area contributed by atoms with Gasteiger partial charge in [-0.1, -0.05) is 36.8 Å². The van der Waals surface area contributed by atoms with Gasteiger partial charge in [0.25, 0.3) is 5.91 Å². The molecule has 3 aromatic rings. The van der Waals surface area contributed by atoms with Crippen molar-refractivity contribution in [1.29, 1.82) is 0 Å². The van der Waals surface area contributed by atoms with Crippen LogP contribution in [-0.2, 0) is 4.74 Å². The Morgan fingerprint density at radius 3 is 2.56 bits per heavy atom. The third kappa shape index (κ3) is 8.95. The molecule has 9 heteroatoms. The molecule has 1 aliphatic heterocycles. The lowest BCUT2D eigenvalue weighted by atomic mass is 9.85. The van der Waals surface area contributed by atoms with Gasteiger partial charge in [-0.05, 0) is 67.6 Å². The average molecular weight is 587 g/mol. The number of methoxy groups -OCH3 is 1. The molecular weight excluding hydrogens is 544 g/mol. The molecule has 2 atom stereocenters. The van der Waals surface area contributed by atoms with Crippen LogP contribution in [0.3, 0.4) is 0 Å². The van der Waals surface area contributed by atoms with E-state index in [1.807, 2.05) is 66.7 Å². The molecule has 0 radical (unpaired) electrons. The molecule has 0 spiro atoms. The van der Waals surface area contributed by atoms with Crippen LogP contribution in [0.2, 0.25) is 0 Å². The SMILES string of the molecule is COc1cccc(C(=O)NC2CCCC(CN(C(=O)Nc3ccccc3)c3cccc(OCCN4CCOCC4)c3)C2)c1. The second kappa shape index (κ2) is 15.4. The fourth-order valence-corrected chi connectivity index (χ4v) is 5.76. The van der Waals surface area contributed by atoms with Crippen molar-refractivity contribution in [2.45, 2.75) is 31.7 Å². The van der Waals surface area contributed by atoms with Crippen LogP contribution >= 0.6 is 0 Å². The van der Waals surface area contributed by atoms with Gasteiger partial charge >= 0.3 is 6.03 Å². The zero-order valence-electron chi connectivity index (χ0n) is 24.9. The normalized spacial score (nSPS) is 18.8. The molecule has 2 fully saturated rings. The summed E-state index contributed by atoms with van der Waals surface area (Å²) >= 11 is 0. The number of anilines is 2. The smallest absolute Gasteiger partial charge is 0.326 e. The number of nitrogens with zero attached hydrogens (tertiary/aromatic N) is 2. The lowest BCUT2D eigenvalue weighted by Gasteiger charge is -2.34. The second-order valence-electron chi connectivity index (χ2n) is 11.1. The quantitative estimate of drug-likeness (QED) is 0.311. The van der Waals surface area contributed by atoms with Gasteiger partial charge in [0.15, 0.2) is 0 Å². The summed E-state index contributed by atoms with van der Waals surface area (Å²) in [6.45, 7) is 5.27. The fourth-order valence-electron chi connectivity index (χ4n) is 5.76. The van der Waals surface area contributed by atoms with Crippen LogP contribution < -0.4 is 25.0 Å². The molecule has 1 aliphatic carbocycles. The van der Waals surface area contributed by atoms with E-state index >= 15 is 0 Å². The molecule has 43 heavy (non-hydrogen) atoms. The molecule has 2 aliphatic rings. The molecule has 2 N–H and O–H groups in total. The monoisotopic (exact) mass is 586 g/mol. The summed E-state index contributed by atoms with van der Waals surface area (Å²) in [5, 5.41) is 6.27. The summed E-state index contributed by atoms with van der Waals surface area (Å²) in [4.78, 5) is 30.8. The van der Waals surface area contributed by atoms with Crippen LogP contribution in [0.25, 0.3) is 0 Å². The summed E-state index contributed by atoms with van der Waals surface area (Å²) < 4.78 is 16.8. The molecule has 0 bridgehead atoms. The van der Waals surface area contributed by atoms with Crippen molar-refractivity contribution in [3.63, 3.8) is 0 Å². The first-order valence-electron chi connectivity index (χ1n) is 15.2. The average Bonchev–Trinajstić information content (AvgIpc) is 3.05. The van der Waals surface area contributed by atoms with Gasteiger partial charge in [-0.2, -0.15) is 0 Å². The van der Waals surface area contributed by atoms with Gasteiger partial charge in [-0.3, -0.25) is 14.6 Å². The predicted molar refractivity (Wildman–Crippen MR) is 168 cm³/mol. The van der Waals surface area contributed by atoms with E-state index in [0.717, 1.165) is 75.7 Å². The first kappa shape index (κ1) is 30.4. The Kier molecular flexibility index (Phi) is 10.9. The molecule has 3 amide bonds. The van der Waals surface area contributed by atoms with Crippen molar-refractivity contribution in [2.24, 2.45) is 5.92 Å². The van der Waals surface area contributed by atoms with Crippen LogP contribution in [0, 0.1) is 5.92 Å². The minimum absolute atomic E-state index is 0.0336. The van der Waals surface area contributed by atoms with E-state index in [0.29, 0.717) is 24.5 Å². The minimum atomic E-state index is -0.195. The summed E-state index contributed by atoms with van der Waals surface area (Å²) in [7, 11) is 1.59. The van der Waals surface area contributed by atoms with Crippen LogP contribution in [0.1, 0.15) is 36.0 Å². The number of hydrogen-bond donors (Lipinski definition) is 2. The maximum atomic E-state index is 13.7. The third-order valence-corrected chi connectivity index (χ3v) is 8.07. The number of ether oxygens (including phenoxy) is 3. The molecule has 1 heterocycles. The summed E-state index contributed by atoms with van der Waals surface area (Å²) in [6.07, 6.45) is 3.67. The molecule has 3 aromatic carbocycles. The second-order valence-corrected chi connectivity index (χ2v) is 11.1. The number of carbonyl (C=O) groups excluding carboxylic acids is 2.